The summed E-state index contributed by atoms with van der Waals surface area (Å²) in [5.74, 6) is 7.04. The Labute approximate surface area is 314 Å². The molecule has 2 nitrogen and oxygen atoms in total. The van der Waals surface area contributed by atoms with Crippen molar-refractivity contribution in [3.8, 4) is 11.8 Å². The summed E-state index contributed by atoms with van der Waals surface area (Å²) in [6, 6.07) is 14.1. The molecule has 0 radical (unpaired) electrons. The summed E-state index contributed by atoms with van der Waals surface area (Å²) in [5.41, 5.74) is 9.52. The molecule has 2 rings (SSSR count). The Hall–Kier alpha value is -2.17. The van der Waals surface area contributed by atoms with E-state index in [4.69, 9.17) is 9.98 Å². The van der Waals surface area contributed by atoms with E-state index in [2.05, 4.69) is 89.8 Å². The Morgan fingerprint density at radius 2 is 0.796 bits per heavy atom. The summed E-state index contributed by atoms with van der Waals surface area (Å²) in [6.45, 7) is 13.5. The molecule has 0 aliphatic carbocycles. The van der Waals surface area contributed by atoms with E-state index in [-0.39, 0.29) is 16.5 Å². The summed E-state index contributed by atoms with van der Waals surface area (Å²) in [6.07, 6.45) is 29.6. The number of unbranched alkanes of at least 4 members (excludes halogenated alkanes) is 15. The van der Waals surface area contributed by atoms with Crippen molar-refractivity contribution in [2.24, 2.45) is 9.98 Å². The van der Waals surface area contributed by atoms with Crippen LogP contribution in [0.4, 0.5) is 11.4 Å². The second kappa shape index (κ2) is 29.6. The Morgan fingerprint density at radius 1 is 0.449 bits per heavy atom. The first kappa shape index (κ1) is 44.9. The van der Waals surface area contributed by atoms with Gasteiger partial charge in [0.25, 0.3) is 0 Å². The molecule has 0 fully saturated rings. The fraction of sp³-hybridized carbons (Fsp3) is 0.652. The third-order valence-corrected chi connectivity index (χ3v) is 9.34. The average molecular weight is 712 g/mol. The van der Waals surface area contributed by atoms with Crippen molar-refractivity contribution in [3.63, 3.8) is 0 Å². The molecule has 0 saturated carbocycles. The molecular formula is C46H72N2Ni. The number of aryl methyl sites for hydroxylation is 4. The zero-order valence-electron chi connectivity index (χ0n) is 32.6. The number of nitrogens with zero attached hydrogens (tertiary/aromatic N) is 2. The molecule has 0 bridgehead atoms. The van der Waals surface area contributed by atoms with Gasteiger partial charge in [-0.2, -0.15) is 0 Å². The Bertz CT molecular complexity index is 1210. The summed E-state index contributed by atoms with van der Waals surface area (Å²) in [7, 11) is 0. The monoisotopic (exact) mass is 711 g/mol. The molecule has 2 aromatic carbocycles. The van der Waals surface area contributed by atoms with E-state index in [1.54, 1.807) is 0 Å². The second-order valence-electron chi connectivity index (χ2n) is 14.2. The molecule has 0 amide bonds. The summed E-state index contributed by atoms with van der Waals surface area (Å²) < 4.78 is 0. The molecule has 2 aromatic rings. The molecule has 276 valence electrons. The number of aliphatic imine (C=N–C) groups is 2. The zero-order valence-corrected chi connectivity index (χ0v) is 33.6. The van der Waals surface area contributed by atoms with Gasteiger partial charge in [0.15, 0.2) is 0 Å². The van der Waals surface area contributed by atoms with Crippen molar-refractivity contribution in [2.45, 2.75) is 196 Å². The van der Waals surface area contributed by atoms with Gasteiger partial charge in [-0.3, -0.25) is 4.99 Å². The van der Waals surface area contributed by atoms with Gasteiger partial charge in [-0.05, 0) is 117 Å². The molecule has 49 heavy (non-hydrogen) atoms. The topological polar surface area (TPSA) is 24.7 Å². The molecule has 0 N–H and O–H groups in total. The van der Waals surface area contributed by atoms with Gasteiger partial charge in [0.2, 0.25) is 0 Å². The van der Waals surface area contributed by atoms with Crippen LogP contribution in [0.2, 0.25) is 0 Å². The van der Waals surface area contributed by atoms with Gasteiger partial charge in [0, 0.05) is 22.9 Å². The fourth-order valence-electron chi connectivity index (χ4n) is 6.40. The number of hydrogen-bond donors (Lipinski definition) is 0. The number of benzene rings is 2. The van der Waals surface area contributed by atoms with Gasteiger partial charge in [-0.1, -0.05) is 143 Å². The summed E-state index contributed by atoms with van der Waals surface area (Å²) >= 11 is 0. The molecule has 0 spiro atoms. The van der Waals surface area contributed by atoms with Gasteiger partial charge >= 0.3 is 0 Å². The fourth-order valence-corrected chi connectivity index (χ4v) is 6.40. The van der Waals surface area contributed by atoms with E-state index >= 15 is 0 Å². The van der Waals surface area contributed by atoms with E-state index < -0.39 is 0 Å². The van der Waals surface area contributed by atoms with Crippen LogP contribution in [0.1, 0.15) is 192 Å². The van der Waals surface area contributed by atoms with Crippen LogP contribution in [0.15, 0.2) is 46.4 Å². The maximum atomic E-state index is 5.28. The minimum atomic E-state index is 0. The van der Waals surface area contributed by atoms with Crippen molar-refractivity contribution < 1.29 is 16.5 Å². The standard InChI is InChI=1S/C46H72N2.Ni/c1-7-12-17-18-19-20-21-22-27-32-46(48-45-37-42(30-25-15-10-4)34-43(38-45)31-26-16-11-5)39(6)47-44-35-40(28-23-13-8-2)33-41(36-44)29-24-14-9-3;/h33-38H,7-26,28-31H2,1-6H3;. The smallest absolute Gasteiger partial charge is 0.135 e. The number of rotatable bonds is 26. The van der Waals surface area contributed by atoms with Crippen LogP contribution >= 0.6 is 0 Å². The quantitative estimate of drug-likeness (QED) is 0.0402. The van der Waals surface area contributed by atoms with Gasteiger partial charge in [0.05, 0.1) is 17.1 Å². The van der Waals surface area contributed by atoms with Crippen LogP contribution < -0.4 is 0 Å². The van der Waals surface area contributed by atoms with Crippen LogP contribution in [0.25, 0.3) is 0 Å². The van der Waals surface area contributed by atoms with Crippen molar-refractivity contribution in [3.05, 3.63) is 58.7 Å². The first-order valence-corrected chi connectivity index (χ1v) is 20.4. The van der Waals surface area contributed by atoms with Crippen molar-refractivity contribution in [1.29, 1.82) is 0 Å². The molecular weight excluding hydrogens is 639 g/mol. The van der Waals surface area contributed by atoms with Crippen LogP contribution in [0.3, 0.4) is 0 Å². The Morgan fingerprint density at radius 3 is 1.20 bits per heavy atom. The average Bonchev–Trinajstić information content (AvgIpc) is 3.07. The number of hydrogen-bond acceptors (Lipinski definition) is 2. The molecule has 0 unspecified atom stereocenters. The first-order chi connectivity index (χ1) is 23.5. The zero-order chi connectivity index (χ0) is 34.7. The normalized spacial score (nSPS) is 11.7. The van der Waals surface area contributed by atoms with Gasteiger partial charge in [-0.15, -0.1) is 0 Å². The molecule has 0 aliphatic heterocycles. The predicted octanol–water partition coefficient (Wildman–Crippen LogP) is 14.6. The minimum absolute atomic E-state index is 0. The molecule has 0 aromatic heterocycles. The van der Waals surface area contributed by atoms with Crippen LogP contribution in [-0.4, -0.2) is 11.4 Å². The molecule has 0 saturated heterocycles. The SMILES string of the molecule is CCCCCCCCCC#CC(=Nc1cc(CCCCC)cc(CCCCC)c1)C(C)=Nc1cc(CCCCC)cc(CCCCC)c1.[Ni]. The van der Waals surface area contributed by atoms with E-state index in [1.807, 2.05) is 0 Å². The second-order valence-corrected chi connectivity index (χ2v) is 14.2. The molecule has 0 aliphatic rings. The van der Waals surface area contributed by atoms with Gasteiger partial charge < -0.3 is 0 Å². The van der Waals surface area contributed by atoms with Crippen LogP contribution in [0.5, 0.6) is 0 Å². The van der Waals surface area contributed by atoms with Crippen molar-refractivity contribution in [2.75, 3.05) is 0 Å². The first-order valence-electron chi connectivity index (χ1n) is 20.4. The maximum Gasteiger partial charge on any atom is 0.135 e. The van der Waals surface area contributed by atoms with E-state index in [0.29, 0.717) is 0 Å². The third-order valence-electron chi connectivity index (χ3n) is 9.34. The van der Waals surface area contributed by atoms with Crippen LogP contribution in [0, 0.1) is 11.8 Å². The van der Waals surface area contributed by atoms with E-state index in [1.165, 1.54) is 138 Å². The maximum absolute atomic E-state index is 5.28. The van der Waals surface area contributed by atoms with Crippen LogP contribution in [-0.2, 0) is 42.2 Å². The Balaban J connectivity index is 0.0000120. The molecule has 0 heterocycles. The third kappa shape index (κ3) is 21.0. The minimum Gasteiger partial charge on any atom is -0.251 e. The largest absolute Gasteiger partial charge is 0.251 e. The summed E-state index contributed by atoms with van der Waals surface area (Å²) in [5, 5.41) is 0. The summed E-state index contributed by atoms with van der Waals surface area (Å²) in [4.78, 5) is 10.5. The Kier molecular flexibility index (Phi) is 27.1. The van der Waals surface area contributed by atoms with E-state index in [9.17, 15) is 0 Å². The molecule has 0 atom stereocenters. The predicted molar refractivity (Wildman–Crippen MR) is 216 cm³/mol. The molecule has 3 heteroatoms. The van der Waals surface area contributed by atoms with Gasteiger partial charge in [-0.25, -0.2) is 4.99 Å². The van der Waals surface area contributed by atoms with Crippen molar-refractivity contribution in [1.82, 2.24) is 0 Å². The van der Waals surface area contributed by atoms with Crippen molar-refractivity contribution >= 4 is 22.8 Å². The van der Waals surface area contributed by atoms with E-state index in [0.717, 1.165) is 61.3 Å². The van der Waals surface area contributed by atoms with Gasteiger partial charge in [0.1, 0.15) is 5.71 Å².